The van der Waals surface area contributed by atoms with E-state index in [-0.39, 0.29) is 0 Å². The molecule has 10 heavy (non-hydrogen) atoms. The van der Waals surface area contributed by atoms with Crippen LogP contribution in [0.3, 0.4) is 0 Å². The van der Waals surface area contributed by atoms with Crippen LogP contribution in [0, 0.1) is 0 Å². The van der Waals surface area contributed by atoms with E-state index in [9.17, 15) is 0 Å². The maximum Gasteiger partial charge on any atom is 0.143 e. The van der Waals surface area contributed by atoms with Gasteiger partial charge in [-0.1, -0.05) is 0 Å². The van der Waals surface area contributed by atoms with Crippen LogP contribution in [0.25, 0.3) is 0 Å². The largest absolute Gasteiger partial charge is 0.266 e. The van der Waals surface area contributed by atoms with Gasteiger partial charge in [-0.15, -0.1) is 0 Å². The molecular formula is C7H9N3. The van der Waals surface area contributed by atoms with Crippen molar-refractivity contribution in [2.45, 2.75) is 6.92 Å². The van der Waals surface area contributed by atoms with Crippen molar-refractivity contribution < 1.29 is 0 Å². The quantitative estimate of drug-likeness (QED) is 0.527. The van der Waals surface area contributed by atoms with E-state index in [1.807, 2.05) is 11.2 Å². The van der Waals surface area contributed by atoms with Gasteiger partial charge in [0.05, 0.1) is 0 Å². The van der Waals surface area contributed by atoms with Crippen LogP contribution >= 0.6 is 0 Å². The number of hydrogen-bond acceptors (Lipinski definition) is 3. The molecule has 1 N–H and O–H groups in total. The number of amidine groups is 1. The predicted octanol–water partition coefficient (Wildman–Crippen LogP) is 0.636. The van der Waals surface area contributed by atoms with Crippen molar-refractivity contribution in [3.63, 3.8) is 0 Å². The lowest BCUT2D eigenvalue weighted by Crippen LogP contribution is -2.32. The zero-order chi connectivity index (χ0) is 6.97. The molecule has 0 aromatic heterocycles. The fraction of sp³-hybridized carbons (Fsp3) is 0.286. The molecular weight excluding hydrogens is 126 g/mol. The molecule has 0 fully saturated rings. The molecule has 0 saturated heterocycles. The van der Waals surface area contributed by atoms with Gasteiger partial charge >= 0.3 is 0 Å². The maximum absolute atomic E-state index is 4.21. The minimum absolute atomic E-state index is 0.698. The summed E-state index contributed by atoms with van der Waals surface area (Å²) in [5, 5.41) is 1.92. The standard InChI is InChI=1S/C7H9N3/c1-6-2-3-10-7(4-6)8-5-9-10/h2-4,9H,5H2,1H3. The van der Waals surface area contributed by atoms with E-state index in [0.717, 1.165) is 5.84 Å². The lowest BCUT2D eigenvalue weighted by Gasteiger charge is -2.16. The minimum atomic E-state index is 0.698. The van der Waals surface area contributed by atoms with Crippen LogP contribution in [0.2, 0.25) is 0 Å². The Bertz CT molecular complexity index is 237. The van der Waals surface area contributed by atoms with Crippen molar-refractivity contribution in [3.8, 4) is 0 Å². The summed E-state index contributed by atoms with van der Waals surface area (Å²) >= 11 is 0. The Morgan fingerprint density at radius 2 is 2.60 bits per heavy atom. The van der Waals surface area contributed by atoms with Crippen molar-refractivity contribution in [1.82, 2.24) is 10.4 Å². The lowest BCUT2D eigenvalue weighted by atomic mass is 10.2. The number of rotatable bonds is 0. The third-order valence-electron chi connectivity index (χ3n) is 1.57. The zero-order valence-corrected chi connectivity index (χ0v) is 5.83. The molecule has 2 heterocycles. The fourth-order valence-electron chi connectivity index (χ4n) is 1.04. The van der Waals surface area contributed by atoms with Crippen LogP contribution in [-0.2, 0) is 0 Å². The number of hydrogen-bond donors (Lipinski definition) is 1. The van der Waals surface area contributed by atoms with Crippen molar-refractivity contribution >= 4 is 5.84 Å². The molecule has 0 saturated carbocycles. The number of hydrazine groups is 1. The minimum Gasteiger partial charge on any atom is -0.266 e. The normalized spacial score (nSPS) is 22.3. The second kappa shape index (κ2) is 1.95. The Labute approximate surface area is 59.7 Å². The first-order chi connectivity index (χ1) is 4.86. The lowest BCUT2D eigenvalue weighted by molar-refractivity contribution is 0.451. The highest BCUT2D eigenvalue weighted by molar-refractivity contribution is 5.96. The molecule has 0 spiro atoms. The molecule has 52 valence electrons. The van der Waals surface area contributed by atoms with E-state index in [4.69, 9.17) is 0 Å². The number of allylic oxidation sites excluding steroid dienone is 2. The van der Waals surface area contributed by atoms with Gasteiger partial charge in [0.15, 0.2) is 0 Å². The molecule has 2 aliphatic heterocycles. The molecule has 0 unspecified atom stereocenters. The molecule has 0 bridgehead atoms. The summed E-state index contributed by atoms with van der Waals surface area (Å²) in [7, 11) is 0. The number of nitrogens with one attached hydrogen (secondary N) is 1. The van der Waals surface area contributed by atoms with Crippen molar-refractivity contribution in [1.29, 1.82) is 0 Å². The van der Waals surface area contributed by atoms with E-state index in [0.29, 0.717) is 6.67 Å². The maximum atomic E-state index is 4.21. The average Bonchev–Trinajstić information content (AvgIpc) is 2.33. The van der Waals surface area contributed by atoms with Gasteiger partial charge in [-0.25, -0.2) is 10.4 Å². The summed E-state index contributed by atoms with van der Waals surface area (Å²) in [5.74, 6) is 1.01. The van der Waals surface area contributed by atoms with Crippen molar-refractivity contribution in [3.05, 3.63) is 23.9 Å². The summed E-state index contributed by atoms with van der Waals surface area (Å²) in [4.78, 5) is 4.21. The second-order valence-electron chi connectivity index (χ2n) is 2.41. The molecule has 3 nitrogen and oxygen atoms in total. The smallest absolute Gasteiger partial charge is 0.143 e. The third-order valence-corrected chi connectivity index (χ3v) is 1.57. The molecule has 0 aliphatic carbocycles. The summed E-state index contributed by atoms with van der Waals surface area (Å²) < 4.78 is 0. The summed E-state index contributed by atoms with van der Waals surface area (Å²) in [6.07, 6.45) is 6.10. The Kier molecular flexibility index (Phi) is 1.11. The van der Waals surface area contributed by atoms with Gasteiger partial charge in [0.2, 0.25) is 0 Å². The van der Waals surface area contributed by atoms with Crippen LogP contribution in [0.15, 0.2) is 28.9 Å². The van der Waals surface area contributed by atoms with Gasteiger partial charge in [-0.2, -0.15) is 0 Å². The van der Waals surface area contributed by atoms with Crippen molar-refractivity contribution in [2.75, 3.05) is 6.67 Å². The van der Waals surface area contributed by atoms with Crippen LogP contribution in [0.5, 0.6) is 0 Å². The van der Waals surface area contributed by atoms with Gasteiger partial charge in [0.1, 0.15) is 12.5 Å². The molecule has 0 radical (unpaired) electrons. The Morgan fingerprint density at radius 3 is 3.50 bits per heavy atom. The zero-order valence-electron chi connectivity index (χ0n) is 5.83. The molecule has 2 aliphatic rings. The van der Waals surface area contributed by atoms with Gasteiger partial charge in [-0.3, -0.25) is 5.01 Å². The monoisotopic (exact) mass is 135 g/mol. The average molecular weight is 135 g/mol. The molecule has 0 aromatic carbocycles. The van der Waals surface area contributed by atoms with E-state index in [1.165, 1.54) is 5.57 Å². The highest BCUT2D eigenvalue weighted by Crippen LogP contribution is 2.09. The number of nitrogens with zero attached hydrogens (tertiary/aromatic N) is 2. The summed E-state index contributed by atoms with van der Waals surface area (Å²) in [5.41, 5.74) is 4.33. The number of aliphatic imine (C=N–C) groups is 1. The first-order valence-electron chi connectivity index (χ1n) is 3.30. The molecule has 2 rings (SSSR count). The van der Waals surface area contributed by atoms with Gasteiger partial charge in [-0.05, 0) is 24.6 Å². The second-order valence-corrected chi connectivity index (χ2v) is 2.41. The van der Waals surface area contributed by atoms with Crippen LogP contribution < -0.4 is 5.43 Å². The topological polar surface area (TPSA) is 27.6 Å². The fourth-order valence-corrected chi connectivity index (χ4v) is 1.04. The Hall–Kier alpha value is -1.09. The first kappa shape index (κ1) is 5.68. The van der Waals surface area contributed by atoms with Gasteiger partial charge < -0.3 is 0 Å². The molecule has 0 aromatic rings. The SMILES string of the molecule is CC1=CC2=NCNN2C=C1. The summed E-state index contributed by atoms with van der Waals surface area (Å²) in [6, 6.07) is 0. The Balaban J connectivity index is 2.34. The van der Waals surface area contributed by atoms with E-state index < -0.39 is 0 Å². The highest BCUT2D eigenvalue weighted by atomic mass is 15.6. The van der Waals surface area contributed by atoms with E-state index in [2.05, 4.69) is 29.5 Å². The van der Waals surface area contributed by atoms with Gasteiger partial charge in [0, 0.05) is 6.20 Å². The van der Waals surface area contributed by atoms with E-state index in [1.54, 1.807) is 0 Å². The van der Waals surface area contributed by atoms with Gasteiger partial charge in [0.25, 0.3) is 0 Å². The van der Waals surface area contributed by atoms with E-state index >= 15 is 0 Å². The highest BCUT2D eigenvalue weighted by Gasteiger charge is 2.13. The van der Waals surface area contributed by atoms with Crippen LogP contribution in [-0.4, -0.2) is 17.5 Å². The predicted molar refractivity (Wildman–Crippen MR) is 40.2 cm³/mol. The summed E-state index contributed by atoms with van der Waals surface area (Å²) in [6.45, 7) is 2.76. The number of fused-ring (bicyclic) bond motifs is 1. The third kappa shape index (κ3) is 0.752. The Morgan fingerprint density at radius 1 is 1.70 bits per heavy atom. The molecule has 0 amide bonds. The molecule has 3 heteroatoms. The van der Waals surface area contributed by atoms with Crippen LogP contribution in [0.4, 0.5) is 0 Å². The first-order valence-corrected chi connectivity index (χ1v) is 3.30. The van der Waals surface area contributed by atoms with Crippen molar-refractivity contribution in [2.24, 2.45) is 4.99 Å². The molecule has 0 atom stereocenters. The van der Waals surface area contributed by atoms with Crippen LogP contribution in [0.1, 0.15) is 6.92 Å².